The monoisotopic (exact) mass is 365 g/mol. The topological polar surface area (TPSA) is 92.7 Å². The van der Waals surface area contributed by atoms with Crippen LogP contribution in [0.25, 0.3) is 11.0 Å². The number of fused-ring (bicyclic) bond motifs is 1. The molecule has 136 valence electrons. The molecule has 0 aliphatic rings. The molecule has 3 aromatic rings. The molecule has 0 spiro atoms. The third kappa shape index (κ3) is 3.44. The van der Waals surface area contributed by atoms with Crippen molar-refractivity contribution >= 4 is 22.8 Å². The van der Waals surface area contributed by atoms with Gasteiger partial charge in [-0.1, -0.05) is 12.1 Å². The van der Waals surface area contributed by atoms with Crippen molar-refractivity contribution in [1.29, 1.82) is 0 Å². The third-order valence-corrected chi connectivity index (χ3v) is 3.63. The third-order valence-electron chi connectivity index (χ3n) is 3.63. The Kier molecular flexibility index (Phi) is 4.26. The zero-order valence-electron chi connectivity index (χ0n) is 13.8. The van der Waals surface area contributed by atoms with Gasteiger partial charge in [-0.05, 0) is 24.6 Å². The highest BCUT2D eigenvalue weighted by Gasteiger charge is 2.30. The highest BCUT2D eigenvalue weighted by Crippen LogP contribution is 2.29. The summed E-state index contributed by atoms with van der Waals surface area (Å²) in [6, 6.07) is 4.60. The Labute approximate surface area is 144 Å². The second-order valence-electron chi connectivity index (χ2n) is 5.73. The number of hydrogen-bond acceptors (Lipinski definition) is 4. The Morgan fingerprint density at radius 1 is 1.27 bits per heavy atom. The summed E-state index contributed by atoms with van der Waals surface area (Å²) in [5.41, 5.74) is -0.447. The lowest BCUT2D eigenvalue weighted by Gasteiger charge is -2.08. The largest absolute Gasteiger partial charge is 0.416 e. The number of rotatable bonds is 3. The molecule has 0 aliphatic carbocycles. The summed E-state index contributed by atoms with van der Waals surface area (Å²) in [4.78, 5) is 30.3. The van der Waals surface area contributed by atoms with Crippen molar-refractivity contribution in [2.45, 2.75) is 26.6 Å². The summed E-state index contributed by atoms with van der Waals surface area (Å²) in [6.45, 7) is 2.95. The quantitative estimate of drug-likeness (QED) is 0.746. The summed E-state index contributed by atoms with van der Waals surface area (Å²) in [7, 11) is 0. The molecule has 2 N–H and O–H groups in total. The van der Waals surface area contributed by atoms with Gasteiger partial charge in [0.15, 0.2) is 11.5 Å². The van der Waals surface area contributed by atoms with Gasteiger partial charge in [0.2, 0.25) is 5.91 Å². The number of aromatic nitrogens is 4. The van der Waals surface area contributed by atoms with Crippen LogP contribution in [0, 0.1) is 6.92 Å². The molecule has 10 heteroatoms. The SMILES string of the molecule is CC(=O)Nc1nn(Cc2ccc(C(F)(F)F)cc2)c2nc(C)[nH]c(=O)c12. The van der Waals surface area contributed by atoms with Crippen molar-refractivity contribution in [3.05, 3.63) is 51.6 Å². The first-order chi connectivity index (χ1) is 12.1. The normalized spacial score (nSPS) is 11.7. The van der Waals surface area contributed by atoms with Crippen LogP contribution in [-0.2, 0) is 17.5 Å². The van der Waals surface area contributed by atoms with Crippen LogP contribution in [0.2, 0.25) is 0 Å². The van der Waals surface area contributed by atoms with Crippen LogP contribution < -0.4 is 10.9 Å². The minimum atomic E-state index is -4.42. The second kappa shape index (κ2) is 6.28. The summed E-state index contributed by atoms with van der Waals surface area (Å²) in [5, 5.41) is 6.75. The number of H-pyrrole nitrogens is 1. The standard InChI is InChI=1S/C16H14F3N5O2/c1-8-20-14-12(15(26)21-8)13(22-9(2)25)23-24(14)7-10-3-5-11(6-4-10)16(17,18)19/h3-6H,7H2,1-2H3,(H,20,21,26)(H,22,23,25). The lowest BCUT2D eigenvalue weighted by atomic mass is 10.1. The van der Waals surface area contributed by atoms with E-state index in [2.05, 4.69) is 20.4 Å². The van der Waals surface area contributed by atoms with E-state index in [9.17, 15) is 22.8 Å². The lowest BCUT2D eigenvalue weighted by molar-refractivity contribution is -0.137. The van der Waals surface area contributed by atoms with Gasteiger partial charge in [-0.15, -0.1) is 0 Å². The first kappa shape index (κ1) is 17.6. The number of aromatic amines is 1. The van der Waals surface area contributed by atoms with Crippen LogP contribution in [-0.4, -0.2) is 25.7 Å². The molecule has 26 heavy (non-hydrogen) atoms. The number of amides is 1. The smallest absolute Gasteiger partial charge is 0.310 e. The maximum Gasteiger partial charge on any atom is 0.416 e. The molecular formula is C16H14F3N5O2. The Balaban J connectivity index is 2.05. The van der Waals surface area contributed by atoms with Crippen molar-refractivity contribution in [2.24, 2.45) is 0 Å². The van der Waals surface area contributed by atoms with E-state index in [1.54, 1.807) is 6.92 Å². The number of nitrogens with one attached hydrogen (secondary N) is 2. The van der Waals surface area contributed by atoms with Gasteiger partial charge in [-0.25, -0.2) is 9.67 Å². The fourth-order valence-electron chi connectivity index (χ4n) is 2.53. The zero-order valence-corrected chi connectivity index (χ0v) is 13.8. The van der Waals surface area contributed by atoms with E-state index >= 15 is 0 Å². The van der Waals surface area contributed by atoms with Gasteiger partial charge >= 0.3 is 6.18 Å². The van der Waals surface area contributed by atoms with Crippen LogP contribution >= 0.6 is 0 Å². The summed E-state index contributed by atoms with van der Waals surface area (Å²) >= 11 is 0. The molecule has 7 nitrogen and oxygen atoms in total. The highest BCUT2D eigenvalue weighted by molar-refractivity contribution is 5.97. The average molecular weight is 365 g/mol. The molecule has 1 amide bonds. The number of carbonyl (C=O) groups is 1. The van der Waals surface area contributed by atoms with Crippen LogP contribution in [0.15, 0.2) is 29.1 Å². The number of halogens is 3. The molecule has 2 aromatic heterocycles. The van der Waals surface area contributed by atoms with E-state index in [1.807, 2.05) is 0 Å². The van der Waals surface area contributed by atoms with Gasteiger partial charge < -0.3 is 10.3 Å². The number of benzene rings is 1. The first-order valence-corrected chi connectivity index (χ1v) is 7.56. The fraction of sp³-hybridized carbons (Fsp3) is 0.250. The van der Waals surface area contributed by atoms with Crippen molar-refractivity contribution in [3.63, 3.8) is 0 Å². The predicted molar refractivity (Wildman–Crippen MR) is 87.7 cm³/mol. The van der Waals surface area contributed by atoms with E-state index in [-0.39, 0.29) is 23.4 Å². The molecule has 2 heterocycles. The molecule has 1 aromatic carbocycles. The molecule has 0 fully saturated rings. The van der Waals surface area contributed by atoms with Crippen molar-refractivity contribution < 1.29 is 18.0 Å². The van der Waals surface area contributed by atoms with Crippen molar-refractivity contribution in [3.8, 4) is 0 Å². The maximum atomic E-state index is 12.7. The van der Waals surface area contributed by atoms with Gasteiger partial charge in [-0.3, -0.25) is 9.59 Å². The number of anilines is 1. The van der Waals surface area contributed by atoms with Gasteiger partial charge in [0, 0.05) is 6.92 Å². The number of nitrogens with zero attached hydrogens (tertiary/aromatic N) is 3. The van der Waals surface area contributed by atoms with Gasteiger partial charge in [-0.2, -0.15) is 18.3 Å². The van der Waals surface area contributed by atoms with Gasteiger partial charge in [0.1, 0.15) is 11.2 Å². The van der Waals surface area contributed by atoms with E-state index in [0.717, 1.165) is 12.1 Å². The molecule has 0 unspecified atom stereocenters. The maximum absolute atomic E-state index is 12.7. The molecule has 0 aliphatic heterocycles. The molecule has 3 rings (SSSR count). The number of alkyl halides is 3. The van der Waals surface area contributed by atoms with E-state index < -0.39 is 23.2 Å². The van der Waals surface area contributed by atoms with Gasteiger partial charge in [0.25, 0.3) is 5.56 Å². The van der Waals surface area contributed by atoms with E-state index in [0.29, 0.717) is 11.4 Å². The predicted octanol–water partition coefficient (Wildman–Crippen LogP) is 2.45. The van der Waals surface area contributed by atoms with Crippen LogP contribution in [0.5, 0.6) is 0 Å². The molecule has 0 saturated heterocycles. The van der Waals surface area contributed by atoms with Gasteiger partial charge in [0.05, 0.1) is 12.1 Å². The average Bonchev–Trinajstić information content (AvgIpc) is 2.83. The number of hydrogen-bond donors (Lipinski definition) is 2. The Bertz CT molecular complexity index is 1030. The Morgan fingerprint density at radius 2 is 1.92 bits per heavy atom. The molecule has 0 saturated carbocycles. The van der Waals surface area contributed by atoms with E-state index in [4.69, 9.17) is 0 Å². The molecule has 0 bridgehead atoms. The van der Waals surface area contributed by atoms with Crippen LogP contribution in [0.4, 0.5) is 19.0 Å². The van der Waals surface area contributed by atoms with E-state index in [1.165, 1.54) is 23.7 Å². The number of aryl methyl sites for hydroxylation is 1. The molecule has 0 atom stereocenters. The summed E-state index contributed by atoms with van der Waals surface area (Å²) in [5.74, 6) is -0.00957. The minimum Gasteiger partial charge on any atom is -0.310 e. The highest BCUT2D eigenvalue weighted by atomic mass is 19.4. The number of carbonyl (C=O) groups excluding carboxylic acids is 1. The van der Waals surface area contributed by atoms with Crippen molar-refractivity contribution in [1.82, 2.24) is 19.7 Å². The lowest BCUT2D eigenvalue weighted by Crippen LogP contribution is -2.13. The minimum absolute atomic E-state index is 0.0492. The Morgan fingerprint density at radius 3 is 2.50 bits per heavy atom. The summed E-state index contributed by atoms with van der Waals surface area (Å²) < 4.78 is 39.4. The van der Waals surface area contributed by atoms with Crippen LogP contribution in [0.1, 0.15) is 23.9 Å². The Hall–Kier alpha value is -3.17. The molecular weight excluding hydrogens is 351 g/mol. The van der Waals surface area contributed by atoms with Crippen molar-refractivity contribution in [2.75, 3.05) is 5.32 Å². The fourth-order valence-corrected chi connectivity index (χ4v) is 2.53. The second-order valence-corrected chi connectivity index (χ2v) is 5.73. The van der Waals surface area contributed by atoms with Crippen LogP contribution in [0.3, 0.4) is 0 Å². The summed E-state index contributed by atoms with van der Waals surface area (Å²) in [6.07, 6.45) is -4.42. The first-order valence-electron chi connectivity index (χ1n) is 7.56. The zero-order chi connectivity index (χ0) is 19.1. The molecule has 0 radical (unpaired) electrons.